The maximum Gasteiger partial charge on any atom is 0.146 e. The Bertz CT molecular complexity index is 430. The minimum Gasteiger partial charge on any atom is -0.393 e. The Kier molecular flexibility index (Phi) is 5.38. The molecular weight excluding hydrogens is 255 g/mol. The molecule has 1 aliphatic heterocycles. The first-order chi connectivity index (χ1) is 9.61. The molecule has 0 aliphatic carbocycles. The molecule has 1 atom stereocenters. The number of nitrogens with one attached hydrogen (secondary N) is 1. The summed E-state index contributed by atoms with van der Waals surface area (Å²) in [7, 11) is 0. The zero-order chi connectivity index (χ0) is 14.5. The molecule has 2 N–H and O–H groups in total. The highest BCUT2D eigenvalue weighted by Gasteiger charge is 2.20. The Morgan fingerprint density at radius 1 is 1.40 bits per heavy atom. The van der Waals surface area contributed by atoms with Crippen molar-refractivity contribution < 1.29 is 9.50 Å². The number of anilines is 1. The molecule has 2 rings (SSSR count). The van der Waals surface area contributed by atoms with Gasteiger partial charge in [-0.1, -0.05) is 13.0 Å². The number of hydrogen-bond donors (Lipinski definition) is 2. The molecule has 0 aromatic heterocycles. The van der Waals surface area contributed by atoms with Gasteiger partial charge < -0.3 is 15.3 Å². The first-order valence-electron chi connectivity index (χ1n) is 7.57. The molecule has 1 fully saturated rings. The van der Waals surface area contributed by atoms with E-state index in [1.807, 2.05) is 17.0 Å². The van der Waals surface area contributed by atoms with E-state index in [9.17, 15) is 9.50 Å². The van der Waals surface area contributed by atoms with E-state index in [-0.39, 0.29) is 18.0 Å². The summed E-state index contributed by atoms with van der Waals surface area (Å²) in [4.78, 5) is 2.02. The van der Waals surface area contributed by atoms with E-state index >= 15 is 0 Å². The minimum atomic E-state index is -0.230. The van der Waals surface area contributed by atoms with Gasteiger partial charge in [0.05, 0.1) is 11.8 Å². The van der Waals surface area contributed by atoms with Crippen molar-refractivity contribution in [3.63, 3.8) is 0 Å². The Hall–Kier alpha value is -1.13. The number of rotatable bonds is 5. The predicted octanol–water partition coefficient (Wildman–Crippen LogP) is 2.85. The highest BCUT2D eigenvalue weighted by atomic mass is 19.1. The van der Waals surface area contributed by atoms with Crippen LogP contribution in [0.2, 0.25) is 0 Å². The van der Waals surface area contributed by atoms with Crippen LogP contribution in [0.1, 0.15) is 44.7 Å². The predicted molar refractivity (Wildman–Crippen MR) is 80.6 cm³/mol. The Morgan fingerprint density at radius 2 is 2.10 bits per heavy atom. The van der Waals surface area contributed by atoms with E-state index in [1.54, 1.807) is 6.07 Å². The van der Waals surface area contributed by atoms with Crippen LogP contribution in [0.25, 0.3) is 0 Å². The van der Waals surface area contributed by atoms with Gasteiger partial charge in [-0.2, -0.15) is 0 Å². The van der Waals surface area contributed by atoms with Crippen LogP contribution in [0.4, 0.5) is 10.1 Å². The van der Waals surface area contributed by atoms with Gasteiger partial charge in [0, 0.05) is 19.1 Å². The summed E-state index contributed by atoms with van der Waals surface area (Å²) < 4.78 is 14.3. The van der Waals surface area contributed by atoms with Crippen molar-refractivity contribution in [3.05, 3.63) is 29.6 Å². The topological polar surface area (TPSA) is 35.5 Å². The summed E-state index contributed by atoms with van der Waals surface area (Å²) in [6.07, 6.45) is 2.28. The van der Waals surface area contributed by atoms with Crippen LogP contribution in [0.5, 0.6) is 0 Å². The number of aliphatic hydroxyl groups excluding tert-OH is 1. The van der Waals surface area contributed by atoms with E-state index < -0.39 is 0 Å². The third kappa shape index (κ3) is 3.70. The molecule has 1 heterocycles. The van der Waals surface area contributed by atoms with E-state index in [1.165, 1.54) is 0 Å². The van der Waals surface area contributed by atoms with Crippen LogP contribution >= 0.6 is 0 Å². The number of hydrogen-bond acceptors (Lipinski definition) is 3. The zero-order valence-electron chi connectivity index (χ0n) is 12.4. The summed E-state index contributed by atoms with van der Waals surface area (Å²) in [5.41, 5.74) is 1.64. The molecule has 3 nitrogen and oxygen atoms in total. The average Bonchev–Trinajstić information content (AvgIpc) is 2.46. The molecule has 0 radical (unpaired) electrons. The average molecular weight is 280 g/mol. The number of nitrogens with zero attached hydrogens (tertiary/aromatic N) is 1. The molecule has 0 amide bonds. The molecule has 0 saturated carbocycles. The summed E-state index contributed by atoms with van der Waals surface area (Å²) in [5.74, 6) is -0.163. The molecule has 20 heavy (non-hydrogen) atoms. The molecular formula is C16H25FN2O. The quantitative estimate of drug-likeness (QED) is 0.870. The van der Waals surface area contributed by atoms with Crippen molar-refractivity contribution in [3.8, 4) is 0 Å². The van der Waals surface area contributed by atoms with Crippen LogP contribution < -0.4 is 10.2 Å². The lowest BCUT2D eigenvalue weighted by molar-refractivity contribution is 0.145. The third-order valence-electron chi connectivity index (χ3n) is 3.98. The van der Waals surface area contributed by atoms with Gasteiger partial charge >= 0.3 is 0 Å². The number of benzene rings is 1. The normalized spacial score (nSPS) is 18.3. The van der Waals surface area contributed by atoms with E-state index in [0.717, 1.165) is 44.5 Å². The van der Waals surface area contributed by atoms with Crippen molar-refractivity contribution in [1.82, 2.24) is 5.32 Å². The Morgan fingerprint density at radius 3 is 2.70 bits per heavy atom. The van der Waals surface area contributed by atoms with Gasteiger partial charge in [-0.3, -0.25) is 0 Å². The SMILES string of the molecule is CCCNC(C)c1ccc(N2CCC(O)CC2)c(F)c1. The first kappa shape index (κ1) is 15.3. The van der Waals surface area contributed by atoms with E-state index in [4.69, 9.17) is 0 Å². The van der Waals surface area contributed by atoms with Gasteiger partial charge in [0.2, 0.25) is 0 Å². The van der Waals surface area contributed by atoms with Crippen LogP contribution in [0, 0.1) is 5.82 Å². The zero-order valence-corrected chi connectivity index (χ0v) is 12.4. The molecule has 1 aliphatic rings. The molecule has 1 saturated heterocycles. The van der Waals surface area contributed by atoms with Crippen molar-refractivity contribution >= 4 is 5.69 Å². The number of aliphatic hydroxyl groups is 1. The summed E-state index contributed by atoms with van der Waals surface area (Å²) in [5, 5.41) is 12.9. The van der Waals surface area contributed by atoms with Gasteiger partial charge in [-0.15, -0.1) is 0 Å². The Labute approximate surface area is 120 Å². The fourth-order valence-corrected chi connectivity index (χ4v) is 2.63. The lowest BCUT2D eigenvalue weighted by Gasteiger charge is -2.32. The number of halogens is 1. The van der Waals surface area contributed by atoms with Gasteiger partial charge in [0.25, 0.3) is 0 Å². The molecule has 1 aromatic rings. The van der Waals surface area contributed by atoms with Crippen LogP contribution in [-0.4, -0.2) is 30.8 Å². The molecule has 112 valence electrons. The lowest BCUT2D eigenvalue weighted by atomic mass is 10.0. The second-order valence-electron chi connectivity index (χ2n) is 5.60. The maximum absolute atomic E-state index is 14.3. The monoisotopic (exact) mass is 280 g/mol. The Balaban J connectivity index is 2.05. The van der Waals surface area contributed by atoms with Gasteiger partial charge in [-0.05, 0) is 50.4 Å². The third-order valence-corrected chi connectivity index (χ3v) is 3.98. The lowest BCUT2D eigenvalue weighted by Crippen LogP contribution is -2.36. The van der Waals surface area contributed by atoms with Crippen molar-refractivity contribution in [2.75, 3.05) is 24.5 Å². The minimum absolute atomic E-state index is 0.163. The second kappa shape index (κ2) is 7.04. The van der Waals surface area contributed by atoms with Gasteiger partial charge in [0.1, 0.15) is 5.82 Å². The van der Waals surface area contributed by atoms with Gasteiger partial charge in [0.15, 0.2) is 0 Å². The molecule has 0 spiro atoms. The van der Waals surface area contributed by atoms with Crippen LogP contribution in [-0.2, 0) is 0 Å². The summed E-state index contributed by atoms with van der Waals surface area (Å²) >= 11 is 0. The van der Waals surface area contributed by atoms with E-state index in [0.29, 0.717) is 5.69 Å². The highest BCUT2D eigenvalue weighted by Crippen LogP contribution is 2.26. The molecule has 1 unspecified atom stereocenters. The second-order valence-corrected chi connectivity index (χ2v) is 5.60. The van der Waals surface area contributed by atoms with E-state index in [2.05, 4.69) is 19.2 Å². The van der Waals surface area contributed by atoms with Crippen LogP contribution in [0.15, 0.2) is 18.2 Å². The summed E-state index contributed by atoms with van der Waals surface area (Å²) in [6.45, 7) is 6.56. The van der Waals surface area contributed by atoms with Gasteiger partial charge in [-0.25, -0.2) is 4.39 Å². The molecule has 4 heteroatoms. The fourth-order valence-electron chi connectivity index (χ4n) is 2.63. The maximum atomic E-state index is 14.3. The largest absolute Gasteiger partial charge is 0.393 e. The van der Waals surface area contributed by atoms with Crippen molar-refractivity contribution in [2.45, 2.75) is 45.3 Å². The molecule has 1 aromatic carbocycles. The fraction of sp³-hybridized carbons (Fsp3) is 0.625. The standard InChI is InChI=1S/C16H25FN2O/c1-3-8-18-12(2)13-4-5-16(15(17)11-13)19-9-6-14(20)7-10-19/h4-5,11-12,14,18,20H,3,6-10H2,1-2H3. The smallest absolute Gasteiger partial charge is 0.146 e. The summed E-state index contributed by atoms with van der Waals surface area (Å²) in [6, 6.07) is 5.67. The van der Waals surface area contributed by atoms with Crippen LogP contribution in [0.3, 0.4) is 0 Å². The van der Waals surface area contributed by atoms with Crippen molar-refractivity contribution in [1.29, 1.82) is 0 Å². The van der Waals surface area contributed by atoms with Crippen molar-refractivity contribution in [2.24, 2.45) is 0 Å². The number of piperidine rings is 1. The first-order valence-corrected chi connectivity index (χ1v) is 7.57. The highest BCUT2D eigenvalue weighted by molar-refractivity contribution is 5.50. The molecule has 0 bridgehead atoms.